The first-order chi connectivity index (χ1) is 4.18. The summed E-state index contributed by atoms with van der Waals surface area (Å²) in [5.41, 5.74) is 7.14. The van der Waals surface area contributed by atoms with Gasteiger partial charge in [0, 0.05) is 6.08 Å². The van der Waals surface area contributed by atoms with Gasteiger partial charge < -0.3 is 5.73 Å². The Balaban J connectivity index is 2.74. The second-order valence-electron chi connectivity index (χ2n) is 1.47. The molecule has 0 amide bonds. The summed E-state index contributed by atoms with van der Waals surface area (Å²) >= 11 is 0. The Kier molecular flexibility index (Phi) is 1.23. The summed E-state index contributed by atoms with van der Waals surface area (Å²) in [6.45, 7) is 0. The van der Waals surface area contributed by atoms with Crippen molar-refractivity contribution >= 4 is 5.84 Å². The molecular weight excluding hydrogens is 125 g/mol. The lowest BCUT2D eigenvalue weighted by molar-refractivity contribution is 0.198. The summed E-state index contributed by atoms with van der Waals surface area (Å²) in [5.74, 6) is 4.40. The molecule has 50 valence electrons. The third kappa shape index (κ3) is 1.29. The van der Waals surface area contributed by atoms with Crippen molar-refractivity contribution < 1.29 is 4.39 Å². The smallest absolute Gasteiger partial charge is 0.211 e. The van der Waals surface area contributed by atoms with Gasteiger partial charge in [-0.05, 0) is 0 Å². The van der Waals surface area contributed by atoms with Crippen molar-refractivity contribution in [3.63, 3.8) is 0 Å². The van der Waals surface area contributed by atoms with Crippen molar-refractivity contribution in [1.29, 1.82) is 0 Å². The fourth-order valence-electron chi connectivity index (χ4n) is 0.450. The summed E-state index contributed by atoms with van der Waals surface area (Å²) in [6.07, 6.45) is 1.03. The van der Waals surface area contributed by atoms with Gasteiger partial charge in [0.2, 0.25) is 5.95 Å². The van der Waals surface area contributed by atoms with E-state index in [0.717, 1.165) is 6.08 Å². The molecule has 0 saturated carbocycles. The standard InChI is InChI=1S/C3H6FN5/c4-2-1-3(5)8-9(6)7-2/h1,7H,6H2,(H2,5,8). The van der Waals surface area contributed by atoms with Crippen LogP contribution in [0.25, 0.3) is 0 Å². The predicted molar refractivity (Wildman–Crippen MR) is 30.0 cm³/mol. The molecule has 0 unspecified atom stereocenters. The zero-order valence-corrected chi connectivity index (χ0v) is 4.50. The van der Waals surface area contributed by atoms with Crippen LogP contribution in [-0.4, -0.2) is 11.1 Å². The van der Waals surface area contributed by atoms with Crippen molar-refractivity contribution in [3.8, 4) is 0 Å². The van der Waals surface area contributed by atoms with Gasteiger partial charge in [-0.15, -0.1) is 10.3 Å². The Labute approximate surface area is 50.7 Å². The third-order valence-electron chi connectivity index (χ3n) is 0.719. The first-order valence-corrected chi connectivity index (χ1v) is 2.21. The number of rotatable bonds is 0. The van der Waals surface area contributed by atoms with E-state index >= 15 is 0 Å². The lowest BCUT2D eigenvalue weighted by atomic mass is 10.5. The van der Waals surface area contributed by atoms with E-state index in [1.165, 1.54) is 0 Å². The average Bonchev–Trinajstić information content (AvgIpc) is 1.59. The minimum atomic E-state index is -0.620. The molecule has 6 heteroatoms. The van der Waals surface area contributed by atoms with Gasteiger partial charge in [-0.1, -0.05) is 0 Å². The Morgan fingerprint density at radius 3 is 2.89 bits per heavy atom. The summed E-state index contributed by atoms with van der Waals surface area (Å²) < 4.78 is 12.2. The van der Waals surface area contributed by atoms with Crippen LogP contribution in [-0.2, 0) is 0 Å². The number of nitrogens with one attached hydrogen (secondary N) is 1. The number of hydrazone groups is 1. The molecule has 0 radical (unpaired) electrons. The topological polar surface area (TPSA) is 79.7 Å². The first kappa shape index (κ1) is 5.83. The molecule has 1 aliphatic rings. The minimum Gasteiger partial charge on any atom is -0.382 e. The minimum absolute atomic E-state index is 0.0359. The van der Waals surface area contributed by atoms with E-state index in [1.807, 2.05) is 5.43 Å². The molecule has 1 heterocycles. The highest BCUT2D eigenvalue weighted by molar-refractivity contribution is 5.91. The number of amidine groups is 1. The molecule has 5 N–H and O–H groups in total. The van der Waals surface area contributed by atoms with E-state index in [4.69, 9.17) is 11.6 Å². The molecule has 1 rings (SSSR count). The molecule has 0 aliphatic carbocycles. The summed E-state index contributed by atoms with van der Waals surface area (Å²) in [7, 11) is 0. The number of hydrazine groups is 2. The van der Waals surface area contributed by atoms with E-state index < -0.39 is 5.95 Å². The van der Waals surface area contributed by atoms with E-state index in [0.29, 0.717) is 5.23 Å². The van der Waals surface area contributed by atoms with Crippen molar-refractivity contribution in [2.45, 2.75) is 0 Å². The van der Waals surface area contributed by atoms with Gasteiger partial charge in [0.1, 0.15) is 0 Å². The van der Waals surface area contributed by atoms with E-state index in [9.17, 15) is 4.39 Å². The van der Waals surface area contributed by atoms with E-state index in [1.54, 1.807) is 0 Å². The number of hydrogen-bond acceptors (Lipinski definition) is 5. The van der Waals surface area contributed by atoms with Gasteiger partial charge in [0.15, 0.2) is 5.84 Å². The van der Waals surface area contributed by atoms with E-state index in [2.05, 4.69) is 5.10 Å². The number of nitrogens with two attached hydrogens (primary N) is 2. The van der Waals surface area contributed by atoms with Crippen molar-refractivity contribution in [2.75, 3.05) is 0 Å². The zero-order chi connectivity index (χ0) is 6.85. The quantitative estimate of drug-likeness (QED) is 0.284. The summed E-state index contributed by atoms with van der Waals surface area (Å²) in [5, 5.41) is 4.11. The monoisotopic (exact) mass is 131 g/mol. The highest BCUT2D eigenvalue weighted by Crippen LogP contribution is 1.95. The molecule has 0 fully saturated rings. The molecule has 9 heavy (non-hydrogen) atoms. The second-order valence-corrected chi connectivity index (χ2v) is 1.47. The van der Waals surface area contributed by atoms with Crippen LogP contribution >= 0.6 is 0 Å². The van der Waals surface area contributed by atoms with Crippen LogP contribution in [0.4, 0.5) is 4.39 Å². The lowest BCUT2D eigenvalue weighted by Gasteiger charge is -2.16. The number of halogens is 1. The number of hydrogen-bond donors (Lipinski definition) is 3. The largest absolute Gasteiger partial charge is 0.382 e. The molecule has 1 aliphatic heterocycles. The van der Waals surface area contributed by atoms with Gasteiger partial charge >= 0.3 is 0 Å². The van der Waals surface area contributed by atoms with Crippen LogP contribution in [0.2, 0.25) is 0 Å². The van der Waals surface area contributed by atoms with Crippen LogP contribution in [0.5, 0.6) is 0 Å². The molecule has 0 aromatic carbocycles. The molecule has 0 saturated heterocycles. The van der Waals surface area contributed by atoms with Crippen LogP contribution in [0.3, 0.4) is 0 Å². The maximum Gasteiger partial charge on any atom is 0.211 e. The van der Waals surface area contributed by atoms with Crippen LogP contribution in [0.15, 0.2) is 17.1 Å². The third-order valence-corrected chi connectivity index (χ3v) is 0.719. The van der Waals surface area contributed by atoms with Crippen LogP contribution < -0.4 is 17.0 Å². The van der Waals surface area contributed by atoms with E-state index in [-0.39, 0.29) is 5.84 Å². The van der Waals surface area contributed by atoms with Crippen molar-refractivity contribution in [2.24, 2.45) is 16.7 Å². The normalized spacial score (nSPS) is 18.2. The zero-order valence-electron chi connectivity index (χ0n) is 4.50. The maximum atomic E-state index is 12.2. The van der Waals surface area contributed by atoms with Gasteiger partial charge in [0.25, 0.3) is 0 Å². The predicted octanol–water partition coefficient (Wildman–Crippen LogP) is -1.24. The fraction of sp³-hybridized carbons (Fsp3) is 0. The number of nitrogens with zero attached hydrogens (tertiary/aromatic N) is 2. The summed E-state index contributed by atoms with van der Waals surface area (Å²) in [6, 6.07) is 0. The SMILES string of the molecule is NC1=NN(N)NC(F)=C1. The molecule has 0 aromatic rings. The first-order valence-electron chi connectivity index (χ1n) is 2.21. The van der Waals surface area contributed by atoms with Crippen LogP contribution in [0.1, 0.15) is 0 Å². The Bertz CT molecular complexity index is 173. The van der Waals surface area contributed by atoms with Gasteiger partial charge in [-0.3, -0.25) is 0 Å². The van der Waals surface area contributed by atoms with Crippen molar-refractivity contribution in [1.82, 2.24) is 10.7 Å². The van der Waals surface area contributed by atoms with Gasteiger partial charge in [-0.2, -0.15) is 4.39 Å². The summed E-state index contributed by atoms with van der Waals surface area (Å²) in [4.78, 5) is 0. The second kappa shape index (κ2) is 1.90. The highest BCUT2D eigenvalue weighted by atomic mass is 19.1. The molecule has 0 bridgehead atoms. The van der Waals surface area contributed by atoms with Crippen LogP contribution in [0, 0.1) is 0 Å². The van der Waals surface area contributed by atoms with Gasteiger partial charge in [-0.25, -0.2) is 11.3 Å². The fourth-order valence-corrected chi connectivity index (χ4v) is 0.450. The molecular formula is C3H6FN5. The molecule has 5 nitrogen and oxygen atoms in total. The molecule has 0 atom stereocenters. The Morgan fingerprint density at radius 1 is 1.78 bits per heavy atom. The highest BCUT2D eigenvalue weighted by Gasteiger charge is 2.04. The average molecular weight is 131 g/mol. The molecule has 0 aromatic heterocycles. The van der Waals surface area contributed by atoms with Gasteiger partial charge in [0.05, 0.1) is 0 Å². The molecule has 0 spiro atoms. The Morgan fingerprint density at radius 2 is 2.44 bits per heavy atom. The van der Waals surface area contributed by atoms with Crippen molar-refractivity contribution in [3.05, 3.63) is 12.0 Å². The maximum absolute atomic E-state index is 12.2. The Hall–Kier alpha value is -1.30. The lowest BCUT2D eigenvalue weighted by Crippen LogP contribution is -2.42.